The van der Waals surface area contributed by atoms with Crippen LogP contribution < -0.4 is 16.5 Å². The Labute approximate surface area is 229 Å². The first kappa shape index (κ1) is 25.8. The topological polar surface area (TPSA) is 201 Å². The number of nitrogens with zero attached hydrogens (tertiary/aromatic N) is 5. The van der Waals surface area contributed by atoms with Crippen molar-refractivity contribution in [2.75, 3.05) is 11.5 Å². The molecule has 0 radical (unpaired) electrons. The van der Waals surface area contributed by atoms with Crippen LogP contribution in [0, 0.1) is 0 Å². The molecule has 2 amide bonds. The molecular weight excluding hydrogens is 575 g/mol. The zero-order valence-electron chi connectivity index (χ0n) is 18.8. The number of carbonyl (C=O) groups is 3. The van der Waals surface area contributed by atoms with E-state index in [0.29, 0.717) is 14.6 Å². The van der Waals surface area contributed by atoms with Gasteiger partial charge in [-0.1, -0.05) is 16.9 Å². The second-order valence-electron chi connectivity index (χ2n) is 7.62. The Hall–Kier alpha value is -3.80. The Bertz CT molecular complexity index is 1630. The normalized spacial score (nSPS) is 19.5. The maximum absolute atomic E-state index is 12.9. The molecule has 1 unspecified atom stereocenters. The third-order valence-corrected chi connectivity index (χ3v) is 9.31. The van der Waals surface area contributed by atoms with Crippen LogP contribution in [0.25, 0.3) is 10.3 Å². The van der Waals surface area contributed by atoms with Gasteiger partial charge in [-0.2, -0.15) is 0 Å². The lowest BCUT2D eigenvalue weighted by Gasteiger charge is -2.49. The first-order valence-corrected chi connectivity index (χ1v) is 14.1. The van der Waals surface area contributed by atoms with Crippen molar-refractivity contribution >= 4 is 85.2 Å². The standard InChI is InChI=1S/C21H15N7O6S4/c22-21-25-9(7-37-21)12(27-34)16(30)26-14-18(31)28-15(20(32)33)8(6-36-19(14)28)1-4-35-11-5-10(29)13-17(38-11)24-3-2-23-13/h1-5,7,14,19,34H,6H2,(H2,22,25)(H,26,30)(H,32,33)/t14?,19-/m1/s1. The average Bonchev–Trinajstić information content (AvgIpc) is 3.32. The van der Waals surface area contributed by atoms with Crippen molar-refractivity contribution in [3.8, 4) is 0 Å². The molecule has 3 aromatic heterocycles. The molecule has 1 fully saturated rings. The first-order chi connectivity index (χ1) is 18.3. The molecule has 38 heavy (non-hydrogen) atoms. The number of rotatable bonds is 7. The summed E-state index contributed by atoms with van der Waals surface area (Å²) in [7, 11) is 0. The Morgan fingerprint density at radius 1 is 1.29 bits per heavy atom. The highest BCUT2D eigenvalue weighted by Crippen LogP contribution is 2.41. The van der Waals surface area contributed by atoms with Gasteiger partial charge in [-0.05, 0) is 17.1 Å². The predicted octanol–water partition coefficient (Wildman–Crippen LogP) is 1.31. The van der Waals surface area contributed by atoms with E-state index >= 15 is 0 Å². The third-order valence-electron chi connectivity index (χ3n) is 5.36. The third kappa shape index (κ3) is 4.75. The minimum Gasteiger partial charge on any atom is -0.477 e. The second kappa shape index (κ2) is 10.5. The largest absolute Gasteiger partial charge is 0.477 e. The van der Waals surface area contributed by atoms with Gasteiger partial charge in [0.15, 0.2) is 10.8 Å². The summed E-state index contributed by atoms with van der Waals surface area (Å²) in [5, 5.41) is 27.2. The van der Waals surface area contributed by atoms with Crippen molar-refractivity contribution in [3.05, 3.63) is 62.5 Å². The molecule has 17 heteroatoms. The van der Waals surface area contributed by atoms with E-state index in [4.69, 9.17) is 5.73 Å². The number of oxime groups is 1. The van der Waals surface area contributed by atoms with Gasteiger partial charge in [0.05, 0.1) is 4.21 Å². The first-order valence-electron chi connectivity index (χ1n) is 10.5. The summed E-state index contributed by atoms with van der Waals surface area (Å²) in [6.07, 6.45) is 4.52. The summed E-state index contributed by atoms with van der Waals surface area (Å²) in [5.41, 5.74) is 5.41. The number of nitrogens with two attached hydrogens (primary N) is 1. The van der Waals surface area contributed by atoms with E-state index in [2.05, 4.69) is 25.4 Å². The van der Waals surface area contributed by atoms with Crippen molar-refractivity contribution in [1.82, 2.24) is 25.2 Å². The number of nitrogen functional groups attached to an aromatic ring is 1. The number of β-lactam (4-membered cyclic amide) rings is 1. The highest BCUT2D eigenvalue weighted by atomic mass is 32.2. The molecule has 0 saturated carbocycles. The smallest absolute Gasteiger partial charge is 0.352 e. The minimum atomic E-state index is -1.29. The van der Waals surface area contributed by atoms with Gasteiger partial charge in [-0.25, -0.2) is 19.7 Å². The van der Waals surface area contributed by atoms with Crippen LogP contribution in [-0.4, -0.2) is 70.8 Å². The fourth-order valence-corrected chi connectivity index (χ4v) is 7.42. The number of aromatic nitrogens is 3. The van der Waals surface area contributed by atoms with Gasteiger partial charge in [0.1, 0.15) is 33.2 Å². The fourth-order valence-electron chi connectivity index (χ4n) is 3.70. The summed E-state index contributed by atoms with van der Waals surface area (Å²) < 4.78 is 0.643. The summed E-state index contributed by atoms with van der Waals surface area (Å²) in [4.78, 5) is 63.6. The van der Waals surface area contributed by atoms with E-state index in [1.807, 2.05) is 0 Å². The second-order valence-corrected chi connectivity index (χ2v) is 11.9. The van der Waals surface area contributed by atoms with Gasteiger partial charge in [0.2, 0.25) is 5.43 Å². The number of hydrogen-bond donors (Lipinski definition) is 4. The van der Waals surface area contributed by atoms with Gasteiger partial charge in [-0.3, -0.25) is 19.3 Å². The molecule has 0 bridgehead atoms. The molecule has 0 spiro atoms. The van der Waals surface area contributed by atoms with E-state index in [0.717, 1.165) is 16.2 Å². The number of thiazole rings is 1. The highest BCUT2D eigenvalue weighted by molar-refractivity contribution is 8.04. The van der Waals surface area contributed by atoms with Crippen molar-refractivity contribution in [3.63, 3.8) is 0 Å². The lowest BCUT2D eigenvalue weighted by Crippen LogP contribution is -2.71. The quantitative estimate of drug-likeness (QED) is 0.101. The maximum Gasteiger partial charge on any atom is 0.352 e. The number of carbonyl (C=O) groups excluding carboxylic acids is 2. The molecule has 0 aliphatic carbocycles. The summed E-state index contributed by atoms with van der Waals surface area (Å²) >= 11 is 4.81. The lowest BCUT2D eigenvalue weighted by molar-refractivity contribution is -0.150. The van der Waals surface area contributed by atoms with Gasteiger partial charge in [0, 0.05) is 29.6 Å². The van der Waals surface area contributed by atoms with Crippen LogP contribution in [0.3, 0.4) is 0 Å². The molecule has 2 aliphatic rings. The van der Waals surface area contributed by atoms with E-state index in [-0.39, 0.29) is 33.2 Å². The number of thioether (sulfide) groups is 2. The number of aliphatic carboxylic acids is 1. The zero-order chi connectivity index (χ0) is 27.0. The number of fused-ring (bicyclic) bond motifs is 2. The van der Waals surface area contributed by atoms with Gasteiger partial charge < -0.3 is 21.4 Å². The number of anilines is 1. The molecule has 5 heterocycles. The lowest BCUT2D eigenvalue weighted by atomic mass is 10.0. The SMILES string of the molecule is Nc1nc(C(=NO)C(=O)NC2C(=O)N3C(C(=O)O)=C(C=CSc4cc(=O)c5nccnc5s4)CS[C@H]23)cs1. The molecule has 1 saturated heterocycles. The van der Waals surface area contributed by atoms with Gasteiger partial charge in [-0.15, -0.1) is 34.4 Å². The Morgan fingerprint density at radius 3 is 2.79 bits per heavy atom. The van der Waals surface area contributed by atoms with Crippen LogP contribution in [0.15, 0.2) is 60.8 Å². The van der Waals surface area contributed by atoms with E-state index in [1.165, 1.54) is 58.7 Å². The van der Waals surface area contributed by atoms with Crippen LogP contribution >= 0.6 is 46.2 Å². The van der Waals surface area contributed by atoms with Crippen molar-refractivity contribution in [1.29, 1.82) is 0 Å². The number of allylic oxidation sites excluding steroid dienone is 1. The summed E-state index contributed by atoms with van der Waals surface area (Å²) in [6, 6.07) is 0.413. The van der Waals surface area contributed by atoms with E-state index in [1.54, 1.807) is 11.5 Å². The van der Waals surface area contributed by atoms with Crippen LogP contribution in [0.4, 0.5) is 5.13 Å². The molecular formula is C21H15N7O6S4. The number of hydrogen-bond acceptors (Lipinski definition) is 14. The molecule has 5 rings (SSSR count). The fraction of sp³-hybridized carbons (Fsp3) is 0.143. The van der Waals surface area contributed by atoms with E-state index in [9.17, 15) is 29.5 Å². The molecule has 194 valence electrons. The predicted molar refractivity (Wildman–Crippen MR) is 143 cm³/mol. The van der Waals surface area contributed by atoms with Gasteiger partial charge in [0.25, 0.3) is 11.8 Å². The van der Waals surface area contributed by atoms with Crippen LogP contribution in [-0.2, 0) is 14.4 Å². The monoisotopic (exact) mass is 589 g/mol. The van der Waals surface area contributed by atoms with Crippen LogP contribution in [0.2, 0.25) is 0 Å². The zero-order valence-corrected chi connectivity index (χ0v) is 22.1. The molecule has 2 atom stereocenters. The minimum absolute atomic E-state index is 0.0481. The molecule has 13 nitrogen and oxygen atoms in total. The van der Waals surface area contributed by atoms with Crippen molar-refractivity contribution in [2.24, 2.45) is 5.16 Å². The number of nitrogens with one attached hydrogen (secondary N) is 1. The van der Waals surface area contributed by atoms with Crippen molar-refractivity contribution in [2.45, 2.75) is 15.6 Å². The highest BCUT2D eigenvalue weighted by Gasteiger charge is 2.54. The van der Waals surface area contributed by atoms with E-state index < -0.39 is 34.9 Å². The molecule has 2 aliphatic heterocycles. The Balaban J connectivity index is 1.31. The summed E-state index contributed by atoms with van der Waals surface area (Å²) in [5.74, 6) is -2.51. The average molecular weight is 590 g/mol. The van der Waals surface area contributed by atoms with Crippen LogP contribution in [0.1, 0.15) is 5.69 Å². The number of carboxylic acid groups (broad SMARTS) is 1. The molecule has 0 aromatic carbocycles. The molecule has 3 aromatic rings. The van der Waals surface area contributed by atoms with Crippen LogP contribution in [0.5, 0.6) is 0 Å². The Kier molecular flexibility index (Phi) is 7.15. The number of amides is 2. The summed E-state index contributed by atoms with van der Waals surface area (Å²) in [6.45, 7) is 0. The Morgan fingerprint density at radius 2 is 2.08 bits per heavy atom. The maximum atomic E-state index is 12.9. The molecule has 5 N–H and O–H groups in total. The van der Waals surface area contributed by atoms with Gasteiger partial charge >= 0.3 is 5.97 Å². The number of carboxylic acids is 1. The van der Waals surface area contributed by atoms with Crippen molar-refractivity contribution < 1.29 is 24.7 Å².